The van der Waals surface area contributed by atoms with Crippen LogP contribution >= 0.6 is 0 Å². The second-order valence-electron chi connectivity index (χ2n) is 4.01. The number of hydrogen-bond acceptors (Lipinski definition) is 4. The molecule has 0 fully saturated rings. The Morgan fingerprint density at radius 3 is 2.44 bits per heavy atom. The molecule has 0 unspecified atom stereocenters. The molecule has 7 nitrogen and oxygen atoms in total. The summed E-state index contributed by atoms with van der Waals surface area (Å²) < 4.78 is 4.90. The highest BCUT2D eigenvalue weighted by Gasteiger charge is 2.17. The SMILES string of the molecule is CC(C)(C)OC(=O)NC[C@@H](C#N)NC(=O)O. The van der Waals surface area contributed by atoms with Crippen molar-refractivity contribution in [2.45, 2.75) is 32.4 Å². The van der Waals surface area contributed by atoms with Crippen LogP contribution in [0, 0.1) is 11.3 Å². The summed E-state index contributed by atoms with van der Waals surface area (Å²) in [5, 5.41) is 21.1. The molecule has 90 valence electrons. The van der Waals surface area contributed by atoms with Gasteiger partial charge >= 0.3 is 12.2 Å². The van der Waals surface area contributed by atoms with Gasteiger partial charge in [0.2, 0.25) is 0 Å². The summed E-state index contributed by atoms with van der Waals surface area (Å²) in [6.45, 7) is 4.95. The minimum Gasteiger partial charge on any atom is -0.465 e. The van der Waals surface area contributed by atoms with E-state index in [1.54, 1.807) is 26.8 Å². The fourth-order valence-corrected chi connectivity index (χ4v) is 0.778. The van der Waals surface area contributed by atoms with Crippen molar-refractivity contribution in [2.75, 3.05) is 6.54 Å². The lowest BCUT2D eigenvalue weighted by Crippen LogP contribution is -2.43. The van der Waals surface area contributed by atoms with Gasteiger partial charge in [-0.05, 0) is 20.8 Å². The van der Waals surface area contributed by atoms with Gasteiger partial charge in [-0.25, -0.2) is 9.59 Å². The third kappa shape index (κ3) is 7.44. The molecular formula is C9H15N3O4. The fraction of sp³-hybridized carbons (Fsp3) is 0.667. The number of carbonyl (C=O) groups is 2. The molecule has 0 radical (unpaired) electrons. The molecule has 0 aliphatic rings. The normalized spacial score (nSPS) is 12.1. The highest BCUT2D eigenvalue weighted by atomic mass is 16.6. The minimum absolute atomic E-state index is 0.141. The number of nitrogens with one attached hydrogen (secondary N) is 2. The number of carboxylic acid groups (broad SMARTS) is 1. The van der Waals surface area contributed by atoms with Crippen LogP contribution in [0.2, 0.25) is 0 Å². The largest absolute Gasteiger partial charge is 0.465 e. The van der Waals surface area contributed by atoms with Crippen LogP contribution in [0.5, 0.6) is 0 Å². The third-order valence-corrected chi connectivity index (χ3v) is 1.30. The van der Waals surface area contributed by atoms with E-state index in [-0.39, 0.29) is 6.54 Å². The first kappa shape index (κ1) is 14.0. The monoisotopic (exact) mass is 229 g/mol. The number of carbonyl (C=O) groups excluding carboxylic acids is 1. The summed E-state index contributed by atoms with van der Waals surface area (Å²) in [6.07, 6.45) is -2.02. The van der Waals surface area contributed by atoms with Gasteiger partial charge in [0.25, 0.3) is 0 Å². The van der Waals surface area contributed by atoms with Crippen molar-refractivity contribution in [2.24, 2.45) is 0 Å². The standard InChI is InChI=1S/C9H15N3O4/c1-9(2,3)16-8(15)11-5-6(4-10)12-7(13)14/h6,12H,5H2,1-3H3,(H,11,15)(H,13,14)/t6-/m1/s1. The van der Waals surface area contributed by atoms with Gasteiger partial charge < -0.3 is 20.5 Å². The van der Waals surface area contributed by atoms with Crippen molar-refractivity contribution < 1.29 is 19.4 Å². The van der Waals surface area contributed by atoms with E-state index in [9.17, 15) is 9.59 Å². The molecule has 0 aromatic rings. The van der Waals surface area contributed by atoms with Gasteiger partial charge in [-0.2, -0.15) is 5.26 Å². The molecule has 16 heavy (non-hydrogen) atoms. The molecule has 0 saturated carbocycles. The highest BCUT2D eigenvalue weighted by molar-refractivity contribution is 5.68. The number of amides is 2. The third-order valence-electron chi connectivity index (χ3n) is 1.30. The van der Waals surface area contributed by atoms with Gasteiger partial charge in [0, 0.05) is 0 Å². The predicted octanol–water partition coefficient (Wildman–Crippen LogP) is 0.671. The van der Waals surface area contributed by atoms with E-state index in [4.69, 9.17) is 15.1 Å². The highest BCUT2D eigenvalue weighted by Crippen LogP contribution is 2.06. The Morgan fingerprint density at radius 2 is 2.06 bits per heavy atom. The molecule has 3 N–H and O–H groups in total. The molecule has 0 aliphatic heterocycles. The zero-order chi connectivity index (χ0) is 12.8. The predicted molar refractivity (Wildman–Crippen MR) is 54.8 cm³/mol. The average Bonchev–Trinajstić information content (AvgIpc) is 2.08. The molecule has 0 saturated heterocycles. The van der Waals surface area contributed by atoms with Gasteiger partial charge in [-0.15, -0.1) is 0 Å². The lowest BCUT2D eigenvalue weighted by atomic mass is 10.2. The number of alkyl carbamates (subject to hydrolysis) is 1. The van der Waals surface area contributed by atoms with Crippen LogP contribution in [0.3, 0.4) is 0 Å². The molecule has 0 aromatic heterocycles. The van der Waals surface area contributed by atoms with Gasteiger partial charge in [0.15, 0.2) is 0 Å². The summed E-state index contributed by atoms with van der Waals surface area (Å²) >= 11 is 0. The Kier molecular flexibility index (Phi) is 5.09. The van der Waals surface area contributed by atoms with Gasteiger partial charge in [-0.3, -0.25) is 0 Å². The van der Waals surface area contributed by atoms with E-state index >= 15 is 0 Å². The Hall–Kier alpha value is -1.97. The van der Waals surface area contributed by atoms with Crippen LogP contribution in [0.15, 0.2) is 0 Å². The van der Waals surface area contributed by atoms with Crippen molar-refractivity contribution in [1.82, 2.24) is 10.6 Å². The maximum Gasteiger partial charge on any atom is 0.407 e. The fourth-order valence-electron chi connectivity index (χ4n) is 0.778. The number of nitrogens with zero attached hydrogens (tertiary/aromatic N) is 1. The average molecular weight is 229 g/mol. The molecule has 7 heteroatoms. The van der Waals surface area contributed by atoms with Crippen molar-refractivity contribution >= 4 is 12.2 Å². The molecule has 0 spiro atoms. The van der Waals surface area contributed by atoms with Crippen LogP contribution in [0.1, 0.15) is 20.8 Å². The lowest BCUT2D eigenvalue weighted by Gasteiger charge is -2.20. The number of rotatable bonds is 3. The first-order valence-corrected chi connectivity index (χ1v) is 4.60. The molecule has 0 bridgehead atoms. The Balaban J connectivity index is 3.99. The molecule has 2 amide bonds. The van der Waals surface area contributed by atoms with Crippen molar-refractivity contribution in [1.29, 1.82) is 5.26 Å². The van der Waals surface area contributed by atoms with E-state index in [2.05, 4.69) is 5.32 Å². The summed E-state index contributed by atoms with van der Waals surface area (Å²) in [7, 11) is 0. The first-order chi connectivity index (χ1) is 7.24. The van der Waals surface area contributed by atoms with Gasteiger partial charge in [0.1, 0.15) is 11.6 Å². The Morgan fingerprint density at radius 1 is 1.50 bits per heavy atom. The van der Waals surface area contributed by atoms with Crippen LogP contribution in [-0.2, 0) is 4.74 Å². The van der Waals surface area contributed by atoms with Crippen LogP contribution in [0.25, 0.3) is 0 Å². The maximum atomic E-state index is 11.1. The minimum atomic E-state index is -1.32. The molecular weight excluding hydrogens is 214 g/mol. The quantitative estimate of drug-likeness (QED) is 0.658. The van der Waals surface area contributed by atoms with Gasteiger partial charge in [0.05, 0.1) is 12.6 Å². The lowest BCUT2D eigenvalue weighted by molar-refractivity contribution is 0.0524. The zero-order valence-corrected chi connectivity index (χ0v) is 9.40. The van der Waals surface area contributed by atoms with E-state index in [1.165, 1.54) is 0 Å². The van der Waals surface area contributed by atoms with Crippen LogP contribution in [-0.4, -0.2) is 35.5 Å². The van der Waals surface area contributed by atoms with E-state index in [1.807, 2.05) is 5.32 Å². The van der Waals surface area contributed by atoms with Crippen molar-refractivity contribution in [3.05, 3.63) is 0 Å². The molecule has 0 aromatic carbocycles. The van der Waals surface area contributed by atoms with Gasteiger partial charge in [-0.1, -0.05) is 0 Å². The van der Waals surface area contributed by atoms with E-state index in [0.717, 1.165) is 0 Å². The van der Waals surface area contributed by atoms with Crippen LogP contribution < -0.4 is 10.6 Å². The van der Waals surface area contributed by atoms with E-state index < -0.39 is 23.8 Å². The number of nitriles is 1. The zero-order valence-electron chi connectivity index (χ0n) is 9.40. The molecule has 0 heterocycles. The second kappa shape index (κ2) is 5.80. The molecule has 0 aliphatic carbocycles. The number of ether oxygens (including phenoxy) is 1. The van der Waals surface area contributed by atoms with Crippen molar-refractivity contribution in [3.8, 4) is 6.07 Å². The molecule has 1 atom stereocenters. The summed E-state index contributed by atoms with van der Waals surface area (Å²) in [4.78, 5) is 21.4. The van der Waals surface area contributed by atoms with Crippen molar-refractivity contribution in [3.63, 3.8) is 0 Å². The van der Waals surface area contributed by atoms with Crippen LogP contribution in [0.4, 0.5) is 9.59 Å². The molecule has 0 rings (SSSR count). The summed E-state index contributed by atoms with van der Waals surface area (Å²) in [5.41, 5.74) is -0.632. The summed E-state index contributed by atoms with van der Waals surface area (Å²) in [6, 6.07) is 0.694. The smallest absolute Gasteiger partial charge is 0.407 e. The Bertz CT molecular complexity index is 303. The van der Waals surface area contributed by atoms with E-state index in [0.29, 0.717) is 0 Å². The summed E-state index contributed by atoms with van der Waals surface area (Å²) in [5.74, 6) is 0. The number of hydrogen-bond donors (Lipinski definition) is 3. The second-order valence-corrected chi connectivity index (χ2v) is 4.01. The maximum absolute atomic E-state index is 11.1. The first-order valence-electron chi connectivity index (χ1n) is 4.60. The Labute approximate surface area is 93.4 Å². The topological polar surface area (TPSA) is 111 Å².